The molecule has 0 spiro atoms. The van der Waals surface area contributed by atoms with Gasteiger partial charge in [-0.1, -0.05) is 12.6 Å². The number of alkyl halides is 3. The number of esters is 1. The molecule has 4 fully saturated rings. The Labute approximate surface area is 185 Å². The molecule has 7 nitrogen and oxygen atoms in total. The first kappa shape index (κ1) is 23.1. The highest BCUT2D eigenvalue weighted by Crippen LogP contribution is 2.61. The summed E-state index contributed by atoms with van der Waals surface area (Å²) in [5, 5.41) is 10.3. The second-order valence-electron chi connectivity index (χ2n) is 8.76. The predicted octanol–water partition coefficient (Wildman–Crippen LogP) is 4.63. The summed E-state index contributed by atoms with van der Waals surface area (Å²) in [6.45, 7) is 2.81. The highest BCUT2D eigenvalue weighted by atomic mass is 33.1. The Bertz CT molecular complexity index is 1070. The van der Waals surface area contributed by atoms with Gasteiger partial charge in [0.25, 0.3) is 5.69 Å². The quantitative estimate of drug-likeness (QED) is 0.188. The summed E-state index contributed by atoms with van der Waals surface area (Å²) in [6.07, 6.45) is -2.07. The number of hydrogen-bond acceptors (Lipinski definition) is 7. The highest BCUT2D eigenvalue weighted by Gasteiger charge is 2.61. The Morgan fingerprint density at radius 1 is 1.22 bits per heavy atom. The molecule has 4 saturated carbocycles. The Hall–Kier alpha value is -2.08. The number of hydrogen-bond donors (Lipinski definition) is 0. The van der Waals surface area contributed by atoms with Crippen molar-refractivity contribution in [3.05, 3.63) is 46.5 Å². The van der Waals surface area contributed by atoms with E-state index in [0.29, 0.717) is 36.5 Å². The summed E-state index contributed by atoms with van der Waals surface area (Å²) >= 11 is 0. The van der Waals surface area contributed by atoms with Gasteiger partial charge >= 0.3 is 12.1 Å². The second-order valence-corrected chi connectivity index (χ2v) is 12.7. The molecule has 12 heteroatoms. The average Bonchev–Trinajstić information content (AvgIpc) is 2.69. The number of nitro groups is 1. The van der Waals surface area contributed by atoms with Crippen molar-refractivity contribution < 1.29 is 36.0 Å². The van der Waals surface area contributed by atoms with Gasteiger partial charge in [0, 0.05) is 12.1 Å². The maximum Gasteiger partial charge on any atom is 0.422 e. The first-order valence-corrected chi connectivity index (χ1v) is 12.9. The fraction of sp³-hybridized carbons (Fsp3) is 0.550. The zero-order valence-corrected chi connectivity index (χ0v) is 18.3. The molecule has 0 amide bonds. The third-order valence-corrected chi connectivity index (χ3v) is 10.7. The molecule has 0 saturated heterocycles. The summed E-state index contributed by atoms with van der Waals surface area (Å²) in [5.74, 6) is -1.43. The third-order valence-electron chi connectivity index (χ3n) is 6.59. The summed E-state index contributed by atoms with van der Waals surface area (Å²) in [6, 6.07) is 4.60. The zero-order valence-electron chi connectivity index (χ0n) is 16.7. The molecular formula is C20H20F3NO6S2. The van der Waals surface area contributed by atoms with E-state index >= 15 is 0 Å². The van der Waals surface area contributed by atoms with E-state index in [0.717, 1.165) is 12.5 Å². The monoisotopic (exact) mass is 491 g/mol. The topological polar surface area (TPSA) is 104 Å². The normalized spacial score (nSPS) is 31.3. The van der Waals surface area contributed by atoms with Gasteiger partial charge < -0.3 is 4.74 Å². The van der Waals surface area contributed by atoms with Crippen molar-refractivity contribution in [2.75, 3.05) is 0 Å². The van der Waals surface area contributed by atoms with Crippen molar-refractivity contribution in [3.63, 3.8) is 0 Å². The maximum absolute atomic E-state index is 13.1. The standard InChI is InChI=1S/C20H20F3NO6S2/c1-11(20(21,22)23)18(25)30-19-9-12-5-13(10-19)7-14(6-12)17(19)31-32(28,29)16-4-2-3-15(8-16)24(26)27/h2-4,8,12-14,17H,1,5-7,9-10H2. The number of ether oxygens (including phenoxy) is 1. The molecule has 4 aliphatic rings. The van der Waals surface area contributed by atoms with Gasteiger partial charge in [0.05, 0.1) is 15.1 Å². The number of carbonyl (C=O) groups is 1. The number of nitrogens with zero attached hydrogens (tertiary/aromatic N) is 1. The van der Waals surface area contributed by atoms with E-state index < -0.39 is 42.4 Å². The molecule has 4 aliphatic carbocycles. The Kier molecular flexibility index (Phi) is 5.60. The van der Waals surface area contributed by atoms with Crippen LogP contribution in [0.4, 0.5) is 18.9 Å². The minimum Gasteiger partial charge on any atom is -0.454 e. The first-order chi connectivity index (χ1) is 14.8. The van der Waals surface area contributed by atoms with E-state index in [1.165, 1.54) is 18.2 Å². The van der Waals surface area contributed by atoms with E-state index in [1.54, 1.807) is 0 Å². The summed E-state index contributed by atoms with van der Waals surface area (Å²) in [4.78, 5) is 22.4. The molecule has 0 aliphatic heterocycles. The largest absolute Gasteiger partial charge is 0.454 e. The summed E-state index contributed by atoms with van der Waals surface area (Å²) in [5.41, 5.74) is -3.36. The van der Waals surface area contributed by atoms with Gasteiger partial charge in [-0.05, 0) is 66.7 Å². The van der Waals surface area contributed by atoms with Crippen molar-refractivity contribution in [2.24, 2.45) is 17.8 Å². The molecule has 0 N–H and O–H groups in total. The van der Waals surface area contributed by atoms with Crippen LogP contribution >= 0.6 is 10.8 Å². The molecule has 3 unspecified atom stereocenters. The van der Waals surface area contributed by atoms with Gasteiger partial charge in [0.15, 0.2) is 0 Å². The maximum atomic E-state index is 13.1. The number of rotatable bonds is 6. The van der Waals surface area contributed by atoms with Gasteiger partial charge in [-0.2, -0.15) is 13.2 Å². The van der Waals surface area contributed by atoms with Crippen LogP contribution in [-0.4, -0.2) is 36.3 Å². The van der Waals surface area contributed by atoms with Gasteiger partial charge in [-0.15, -0.1) is 0 Å². The van der Waals surface area contributed by atoms with E-state index in [-0.39, 0.29) is 28.3 Å². The molecule has 0 heterocycles. The molecule has 0 radical (unpaired) electrons. The Morgan fingerprint density at radius 2 is 1.84 bits per heavy atom. The van der Waals surface area contributed by atoms with Crippen LogP contribution in [0.15, 0.2) is 41.3 Å². The van der Waals surface area contributed by atoms with Gasteiger partial charge in [0.2, 0.25) is 8.87 Å². The van der Waals surface area contributed by atoms with Crippen molar-refractivity contribution in [2.45, 2.75) is 54.0 Å². The van der Waals surface area contributed by atoms with E-state index in [4.69, 9.17) is 4.74 Å². The van der Waals surface area contributed by atoms with Crippen molar-refractivity contribution >= 4 is 31.3 Å². The number of nitro benzene ring substituents is 1. The Balaban J connectivity index is 1.65. The molecular weight excluding hydrogens is 471 g/mol. The van der Waals surface area contributed by atoms with Crippen LogP contribution < -0.4 is 0 Å². The zero-order chi connectivity index (χ0) is 23.5. The second kappa shape index (κ2) is 7.75. The van der Waals surface area contributed by atoms with E-state index in [2.05, 4.69) is 6.58 Å². The van der Waals surface area contributed by atoms with Crippen molar-refractivity contribution in [1.29, 1.82) is 0 Å². The molecule has 0 aromatic heterocycles. The van der Waals surface area contributed by atoms with Crippen LogP contribution in [0.5, 0.6) is 0 Å². The number of halogens is 3. The minimum atomic E-state index is -4.95. The summed E-state index contributed by atoms with van der Waals surface area (Å²) in [7, 11) is -3.57. The number of benzene rings is 1. The van der Waals surface area contributed by atoms with Crippen molar-refractivity contribution in [3.8, 4) is 0 Å². The highest BCUT2D eigenvalue weighted by molar-refractivity contribution is 8.72. The van der Waals surface area contributed by atoms with Crippen LogP contribution in [0.1, 0.15) is 32.1 Å². The molecule has 32 heavy (non-hydrogen) atoms. The third kappa shape index (κ3) is 4.14. The van der Waals surface area contributed by atoms with Crippen LogP contribution in [0.25, 0.3) is 0 Å². The number of non-ortho nitro benzene ring substituents is 1. The lowest BCUT2D eigenvalue weighted by molar-refractivity contribution is -0.385. The lowest BCUT2D eigenvalue weighted by Crippen LogP contribution is -2.61. The lowest BCUT2D eigenvalue weighted by atomic mass is 9.54. The van der Waals surface area contributed by atoms with Crippen LogP contribution in [-0.2, 0) is 18.4 Å². The summed E-state index contributed by atoms with van der Waals surface area (Å²) < 4.78 is 70.7. The fourth-order valence-corrected chi connectivity index (χ4v) is 9.68. The van der Waals surface area contributed by atoms with Gasteiger partial charge in [-0.3, -0.25) is 10.1 Å². The van der Waals surface area contributed by atoms with Crippen LogP contribution in [0.3, 0.4) is 0 Å². The molecule has 174 valence electrons. The van der Waals surface area contributed by atoms with Gasteiger partial charge in [0.1, 0.15) is 11.2 Å². The van der Waals surface area contributed by atoms with Crippen LogP contribution in [0.2, 0.25) is 0 Å². The SMILES string of the molecule is C=C(C(=O)OC12CC3CC(CC(C3)C1SS(=O)(=O)c1cccc([N+](=O)[O-])c1)C2)C(F)(F)F. The van der Waals surface area contributed by atoms with Gasteiger partial charge in [-0.25, -0.2) is 13.2 Å². The van der Waals surface area contributed by atoms with E-state index in [1.807, 2.05) is 0 Å². The average molecular weight is 492 g/mol. The Morgan fingerprint density at radius 3 is 2.41 bits per heavy atom. The molecule has 3 atom stereocenters. The molecule has 5 rings (SSSR count). The lowest BCUT2D eigenvalue weighted by Gasteiger charge is -2.59. The fourth-order valence-electron chi connectivity index (χ4n) is 5.53. The van der Waals surface area contributed by atoms with E-state index in [9.17, 15) is 36.5 Å². The van der Waals surface area contributed by atoms with Crippen LogP contribution in [0, 0.1) is 27.9 Å². The predicted molar refractivity (Wildman–Crippen MR) is 109 cm³/mol. The molecule has 1 aromatic rings. The van der Waals surface area contributed by atoms with Crippen molar-refractivity contribution in [1.82, 2.24) is 0 Å². The first-order valence-electron chi connectivity index (χ1n) is 9.98. The number of carbonyl (C=O) groups excluding carboxylic acids is 1. The minimum absolute atomic E-state index is 0.147. The molecule has 4 bridgehead atoms. The smallest absolute Gasteiger partial charge is 0.422 e. The molecule has 1 aromatic carbocycles.